The summed E-state index contributed by atoms with van der Waals surface area (Å²) in [5, 5.41) is 5.14. The van der Waals surface area contributed by atoms with Gasteiger partial charge in [-0.3, -0.25) is 4.79 Å². The number of carbonyl (C=O) groups is 1. The van der Waals surface area contributed by atoms with Crippen LogP contribution in [0.4, 0.5) is 0 Å². The predicted molar refractivity (Wildman–Crippen MR) is 93.4 cm³/mol. The molecule has 2 aromatic rings. The van der Waals surface area contributed by atoms with E-state index in [2.05, 4.69) is 17.3 Å². The first-order chi connectivity index (χ1) is 10.00. The van der Waals surface area contributed by atoms with Crippen LogP contribution in [0.5, 0.6) is 0 Å². The Labute approximate surface area is 136 Å². The number of nitrogens with two attached hydrogens (primary N) is 1. The summed E-state index contributed by atoms with van der Waals surface area (Å²) < 4.78 is 2.30. The fourth-order valence-corrected chi connectivity index (χ4v) is 4.85. The van der Waals surface area contributed by atoms with Crippen molar-refractivity contribution in [1.82, 2.24) is 10.2 Å². The molecular weight excluding hydrogens is 322 g/mol. The Hall–Kier alpha value is -1.02. The molecule has 4 nitrogen and oxygen atoms in total. The van der Waals surface area contributed by atoms with Gasteiger partial charge in [0, 0.05) is 22.5 Å². The minimum atomic E-state index is -0.545. The molecule has 0 bridgehead atoms. The van der Waals surface area contributed by atoms with Crippen molar-refractivity contribution in [2.75, 3.05) is 20.1 Å². The average molecular weight is 340 g/mol. The lowest BCUT2D eigenvalue weighted by Crippen LogP contribution is -2.61. The van der Waals surface area contributed by atoms with Gasteiger partial charge in [0.2, 0.25) is 0 Å². The quantitative estimate of drug-likeness (QED) is 0.844. The van der Waals surface area contributed by atoms with E-state index in [0.717, 1.165) is 40.2 Å². The van der Waals surface area contributed by atoms with Gasteiger partial charge in [0.15, 0.2) is 0 Å². The molecule has 1 fully saturated rings. The molecule has 2 aromatic heterocycles. The van der Waals surface area contributed by atoms with Crippen LogP contribution in [0.3, 0.4) is 0 Å². The van der Waals surface area contributed by atoms with Gasteiger partial charge in [-0.25, -0.2) is 0 Å². The molecule has 0 spiro atoms. The second kappa shape index (κ2) is 5.64. The molecule has 3 N–H and O–H groups in total. The first-order valence-electron chi connectivity index (χ1n) is 6.78. The maximum Gasteiger partial charge on any atom is 0.262 e. The number of nitrogens with one attached hydrogen (secondary N) is 1. The van der Waals surface area contributed by atoms with Crippen molar-refractivity contribution >= 4 is 55.2 Å². The molecule has 0 aromatic carbocycles. The van der Waals surface area contributed by atoms with E-state index in [-0.39, 0.29) is 5.91 Å². The first kappa shape index (κ1) is 14.9. The number of hydrogen-bond acceptors (Lipinski definition) is 5. The van der Waals surface area contributed by atoms with Crippen LogP contribution in [0.1, 0.15) is 22.5 Å². The van der Waals surface area contributed by atoms with Crippen LogP contribution >= 0.6 is 34.9 Å². The molecule has 0 aliphatic carbocycles. The molecular formula is C14H17N3OS3. The predicted octanol–water partition coefficient (Wildman–Crippen LogP) is 2.44. The van der Waals surface area contributed by atoms with E-state index in [1.807, 2.05) is 17.5 Å². The number of carbonyl (C=O) groups excluding carboxylic acids is 1. The minimum absolute atomic E-state index is 0.0687. The van der Waals surface area contributed by atoms with Crippen molar-refractivity contribution < 1.29 is 4.79 Å². The van der Waals surface area contributed by atoms with Gasteiger partial charge in [-0.1, -0.05) is 12.2 Å². The molecule has 0 unspecified atom stereocenters. The topological polar surface area (TPSA) is 58.4 Å². The van der Waals surface area contributed by atoms with E-state index >= 15 is 0 Å². The van der Waals surface area contributed by atoms with Crippen LogP contribution in [0.15, 0.2) is 17.5 Å². The van der Waals surface area contributed by atoms with Crippen LogP contribution in [-0.2, 0) is 0 Å². The Morgan fingerprint density at radius 2 is 2.14 bits per heavy atom. The summed E-state index contributed by atoms with van der Waals surface area (Å²) in [6, 6.07) is 3.99. The van der Waals surface area contributed by atoms with Gasteiger partial charge in [-0.15, -0.1) is 22.7 Å². The molecule has 1 aliphatic rings. The monoisotopic (exact) mass is 339 g/mol. The zero-order valence-electron chi connectivity index (χ0n) is 11.7. The largest absolute Gasteiger partial charge is 0.391 e. The molecule has 112 valence electrons. The van der Waals surface area contributed by atoms with Crippen molar-refractivity contribution in [1.29, 1.82) is 0 Å². The standard InChI is InChI=1S/C14H17N3OS3/c1-17-5-3-14(4-6-17,13(15)19)16-12(18)11-8-10-9(21-11)2-7-20-10/h2,7-8H,3-6H2,1H3,(H2,15,19)(H,16,18). The van der Waals surface area contributed by atoms with Crippen LogP contribution in [0.25, 0.3) is 9.40 Å². The van der Waals surface area contributed by atoms with Gasteiger partial charge < -0.3 is 16.0 Å². The lowest BCUT2D eigenvalue weighted by Gasteiger charge is -2.40. The Balaban J connectivity index is 1.81. The van der Waals surface area contributed by atoms with Gasteiger partial charge in [-0.05, 0) is 37.4 Å². The Morgan fingerprint density at radius 3 is 2.76 bits per heavy atom. The molecule has 7 heteroatoms. The number of thiophene rings is 2. The summed E-state index contributed by atoms with van der Waals surface area (Å²) in [7, 11) is 2.07. The second-order valence-corrected chi connectivity index (χ2v) is 7.93. The van der Waals surface area contributed by atoms with Crippen molar-refractivity contribution in [2.45, 2.75) is 18.4 Å². The SMILES string of the molecule is CN1CCC(NC(=O)c2cc3sccc3s2)(C(N)=S)CC1. The van der Waals surface area contributed by atoms with Gasteiger partial charge in [-0.2, -0.15) is 0 Å². The van der Waals surface area contributed by atoms with Crippen molar-refractivity contribution in [3.05, 3.63) is 22.4 Å². The molecule has 0 radical (unpaired) electrons. The number of thiocarbonyl (C=S) groups is 1. The molecule has 0 saturated carbocycles. The Kier molecular flexibility index (Phi) is 4.00. The lowest BCUT2D eigenvalue weighted by atomic mass is 9.87. The van der Waals surface area contributed by atoms with Gasteiger partial charge in [0.05, 0.1) is 15.4 Å². The van der Waals surface area contributed by atoms with E-state index in [0.29, 0.717) is 4.99 Å². The van der Waals surface area contributed by atoms with E-state index in [9.17, 15) is 4.79 Å². The lowest BCUT2D eigenvalue weighted by molar-refractivity contribution is 0.0894. The number of hydrogen-bond donors (Lipinski definition) is 2. The molecule has 1 aliphatic heterocycles. The fraction of sp³-hybridized carbons (Fsp3) is 0.429. The smallest absolute Gasteiger partial charge is 0.262 e. The van der Waals surface area contributed by atoms with Crippen LogP contribution in [-0.4, -0.2) is 41.5 Å². The van der Waals surface area contributed by atoms with Gasteiger partial charge in [0.1, 0.15) is 0 Å². The summed E-state index contributed by atoms with van der Waals surface area (Å²) in [6.45, 7) is 1.77. The molecule has 1 saturated heterocycles. The number of amides is 1. The fourth-order valence-electron chi connectivity index (χ4n) is 2.59. The maximum absolute atomic E-state index is 12.5. The molecule has 3 rings (SSSR count). The minimum Gasteiger partial charge on any atom is -0.391 e. The number of rotatable bonds is 3. The zero-order valence-corrected chi connectivity index (χ0v) is 14.2. The van der Waals surface area contributed by atoms with E-state index in [4.69, 9.17) is 18.0 Å². The second-order valence-electron chi connectivity index (χ2n) is 5.46. The van der Waals surface area contributed by atoms with Gasteiger partial charge in [0.25, 0.3) is 5.91 Å². The van der Waals surface area contributed by atoms with Crippen molar-refractivity contribution in [3.8, 4) is 0 Å². The third kappa shape index (κ3) is 2.83. The number of likely N-dealkylation sites (tertiary alicyclic amines) is 1. The number of piperidine rings is 1. The third-order valence-corrected chi connectivity index (χ3v) is 6.51. The normalized spacial score (nSPS) is 18.7. The Bertz CT molecular complexity index is 654. The molecule has 0 atom stereocenters. The summed E-state index contributed by atoms with van der Waals surface area (Å²) in [5.74, 6) is -0.0687. The first-order valence-corrected chi connectivity index (χ1v) is 8.89. The summed E-state index contributed by atoms with van der Waals surface area (Å²) >= 11 is 8.40. The van der Waals surface area contributed by atoms with Gasteiger partial charge >= 0.3 is 0 Å². The highest BCUT2D eigenvalue weighted by Gasteiger charge is 2.38. The maximum atomic E-state index is 12.5. The summed E-state index contributed by atoms with van der Waals surface area (Å²) in [4.78, 5) is 15.9. The van der Waals surface area contributed by atoms with E-state index < -0.39 is 5.54 Å². The van der Waals surface area contributed by atoms with E-state index in [1.54, 1.807) is 11.3 Å². The van der Waals surface area contributed by atoms with Crippen molar-refractivity contribution in [2.24, 2.45) is 5.73 Å². The Morgan fingerprint density at radius 1 is 1.43 bits per heavy atom. The number of nitrogens with zero attached hydrogens (tertiary/aromatic N) is 1. The molecule has 21 heavy (non-hydrogen) atoms. The van der Waals surface area contributed by atoms with Crippen LogP contribution in [0, 0.1) is 0 Å². The molecule has 3 heterocycles. The molecule has 1 amide bonds. The average Bonchev–Trinajstić information content (AvgIpc) is 3.02. The highest BCUT2D eigenvalue weighted by Crippen LogP contribution is 2.31. The zero-order chi connectivity index (χ0) is 15.0. The highest BCUT2D eigenvalue weighted by molar-refractivity contribution is 7.80. The highest BCUT2D eigenvalue weighted by atomic mass is 32.1. The van der Waals surface area contributed by atoms with Crippen LogP contribution < -0.4 is 11.1 Å². The van der Waals surface area contributed by atoms with E-state index in [1.165, 1.54) is 11.3 Å². The third-order valence-electron chi connectivity index (χ3n) is 4.03. The summed E-state index contributed by atoms with van der Waals surface area (Å²) in [6.07, 6.45) is 1.54. The number of fused-ring (bicyclic) bond motifs is 1. The van der Waals surface area contributed by atoms with Crippen LogP contribution in [0.2, 0.25) is 0 Å². The summed E-state index contributed by atoms with van der Waals surface area (Å²) in [5.41, 5.74) is 5.39. The van der Waals surface area contributed by atoms with Crippen molar-refractivity contribution in [3.63, 3.8) is 0 Å².